The molecule has 1 atom stereocenters. The average molecular weight is 335 g/mol. The Morgan fingerprint density at radius 1 is 1.08 bits per heavy atom. The Labute approximate surface area is 148 Å². The minimum absolute atomic E-state index is 0.108. The van der Waals surface area contributed by atoms with Gasteiger partial charge in [-0.05, 0) is 56.6 Å². The zero-order valence-corrected chi connectivity index (χ0v) is 14.7. The lowest BCUT2D eigenvalue weighted by Crippen LogP contribution is -2.23. The molecule has 1 fully saturated rings. The number of para-hydroxylation sites is 2. The summed E-state index contributed by atoms with van der Waals surface area (Å²) in [5.41, 5.74) is 4.50. The van der Waals surface area contributed by atoms with E-state index in [0.29, 0.717) is 12.6 Å². The van der Waals surface area contributed by atoms with E-state index in [1.54, 1.807) is 0 Å². The van der Waals surface area contributed by atoms with Crippen LogP contribution in [0.1, 0.15) is 31.4 Å². The topological polar surface area (TPSA) is 41.3 Å². The molecular weight excluding hydrogens is 310 g/mol. The highest BCUT2D eigenvalue weighted by molar-refractivity contribution is 5.80. The second-order valence-electron chi connectivity index (χ2n) is 6.84. The van der Waals surface area contributed by atoms with E-state index < -0.39 is 0 Å². The Bertz CT molecular complexity index is 864. The first-order valence-electron chi connectivity index (χ1n) is 9.18. The van der Waals surface area contributed by atoms with Gasteiger partial charge in [-0.3, -0.25) is 4.90 Å². The Hall–Kier alpha value is -2.17. The van der Waals surface area contributed by atoms with Crippen molar-refractivity contribution in [3.8, 4) is 11.4 Å². The molecule has 4 rings (SSSR count). The maximum absolute atomic E-state index is 9.50. The molecule has 1 N–H and O–H groups in total. The van der Waals surface area contributed by atoms with Gasteiger partial charge < -0.3 is 9.67 Å². The smallest absolute Gasteiger partial charge is 0.141 e. The van der Waals surface area contributed by atoms with Gasteiger partial charge in [0.25, 0.3) is 0 Å². The number of fused-ring (bicyclic) bond motifs is 1. The second kappa shape index (κ2) is 6.98. The highest BCUT2D eigenvalue weighted by Crippen LogP contribution is 2.29. The van der Waals surface area contributed by atoms with Crippen molar-refractivity contribution in [1.29, 1.82) is 0 Å². The van der Waals surface area contributed by atoms with Crippen LogP contribution in [-0.4, -0.2) is 39.3 Å². The monoisotopic (exact) mass is 335 g/mol. The van der Waals surface area contributed by atoms with E-state index in [0.717, 1.165) is 22.4 Å². The van der Waals surface area contributed by atoms with Crippen LogP contribution in [-0.2, 0) is 6.54 Å². The Kier molecular flexibility index (Phi) is 4.55. The first kappa shape index (κ1) is 16.3. The molecule has 130 valence electrons. The molecule has 1 aromatic heterocycles. The van der Waals surface area contributed by atoms with Crippen LogP contribution in [0.2, 0.25) is 0 Å². The van der Waals surface area contributed by atoms with E-state index in [-0.39, 0.29) is 6.61 Å². The minimum atomic E-state index is 0.108. The number of aliphatic hydroxyl groups is 1. The molecule has 0 bridgehead atoms. The van der Waals surface area contributed by atoms with Gasteiger partial charge in [0, 0.05) is 18.2 Å². The van der Waals surface area contributed by atoms with Gasteiger partial charge in [-0.1, -0.05) is 30.3 Å². The zero-order valence-electron chi connectivity index (χ0n) is 14.7. The maximum atomic E-state index is 9.50. The molecule has 1 aliphatic heterocycles. The summed E-state index contributed by atoms with van der Waals surface area (Å²) >= 11 is 0. The molecule has 0 unspecified atom stereocenters. The van der Waals surface area contributed by atoms with E-state index >= 15 is 0 Å². The maximum Gasteiger partial charge on any atom is 0.141 e. The van der Waals surface area contributed by atoms with Crippen LogP contribution in [0.3, 0.4) is 0 Å². The van der Waals surface area contributed by atoms with Crippen molar-refractivity contribution < 1.29 is 5.11 Å². The van der Waals surface area contributed by atoms with Crippen LogP contribution >= 0.6 is 0 Å². The third-order valence-corrected chi connectivity index (χ3v) is 5.29. The number of benzene rings is 2. The highest BCUT2D eigenvalue weighted by Gasteiger charge is 2.20. The van der Waals surface area contributed by atoms with Gasteiger partial charge in [0.2, 0.25) is 0 Å². The molecule has 0 spiro atoms. The first-order chi connectivity index (χ1) is 12.3. The minimum Gasteiger partial charge on any atom is -0.395 e. The number of likely N-dealkylation sites (tertiary alicyclic amines) is 1. The zero-order chi connectivity index (χ0) is 17.2. The molecule has 0 amide bonds. The Balaban J connectivity index is 1.75. The number of imidazole rings is 1. The van der Waals surface area contributed by atoms with E-state index in [1.807, 2.05) is 18.2 Å². The van der Waals surface area contributed by atoms with Gasteiger partial charge in [-0.15, -0.1) is 0 Å². The fraction of sp³-hybridized carbons (Fsp3) is 0.381. The largest absolute Gasteiger partial charge is 0.395 e. The Morgan fingerprint density at radius 3 is 2.68 bits per heavy atom. The Morgan fingerprint density at radius 2 is 1.88 bits per heavy atom. The SMILES string of the molecule is C[C@H](c1cccc(-c2nc3ccccc3n2CCO)c1)N1CCCC1. The number of hydrogen-bond acceptors (Lipinski definition) is 3. The van der Waals surface area contributed by atoms with E-state index in [4.69, 9.17) is 4.98 Å². The molecular formula is C21H25N3O. The van der Waals surface area contributed by atoms with Crippen LogP contribution < -0.4 is 0 Å². The number of aromatic nitrogens is 2. The summed E-state index contributed by atoms with van der Waals surface area (Å²) in [6, 6.07) is 17.3. The van der Waals surface area contributed by atoms with Crippen molar-refractivity contribution in [2.45, 2.75) is 32.4 Å². The van der Waals surface area contributed by atoms with Gasteiger partial charge in [-0.2, -0.15) is 0 Å². The van der Waals surface area contributed by atoms with Crippen molar-refractivity contribution in [3.05, 3.63) is 54.1 Å². The predicted molar refractivity (Wildman–Crippen MR) is 101 cm³/mol. The third-order valence-electron chi connectivity index (χ3n) is 5.29. The first-order valence-corrected chi connectivity index (χ1v) is 9.18. The summed E-state index contributed by atoms with van der Waals surface area (Å²) in [5.74, 6) is 0.936. The van der Waals surface area contributed by atoms with Gasteiger partial charge in [0.1, 0.15) is 5.82 Å². The van der Waals surface area contributed by atoms with Crippen LogP contribution in [0, 0.1) is 0 Å². The van der Waals surface area contributed by atoms with Crippen molar-refractivity contribution in [2.75, 3.05) is 19.7 Å². The molecule has 4 heteroatoms. The van der Waals surface area contributed by atoms with Gasteiger partial charge >= 0.3 is 0 Å². The predicted octanol–water partition coefficient (Wildman–Crippen LogP) is 3.85. The fourth-order valence-electron chi connectivity index (χ4n) is 3.90. The number of nitrogens with zero attached hydrogens (tertiary/aromatic N) is 3. The van der Waals surface area contributed by atoms with Crippen molar-refractivity contribution in [2.24, 2.45) is 0 Å². The van der Waals surface area contributed by atoms with Crippen LogP contribution in [0.5, 0.6) is 0 Å². The van der Waals surface area contributed by atoms with E-state index in [2.05, 4.69) is 46.7 Å². The van der Waals surface area contributed by atoms with Crippen LogP contribution in [0.15, 0.2) is 48.5 Å². The number of aliphatic hydroxyl groups excluding tert-OH is 1. The molecule has 0 radical (unpaired) electrons. The highest BCUT2D eigenvalue weighted by atomic mass is 16.3. The summed E-state index contributed by atoms with van der Waals surface area (Å²) in [6.07, 6.45) is 2.60. The molecule has 1 saturated heterocycles. The van der Waals surface area contributed by atoms with Crippen LogP contribution in [0.25, 0.3) is 22.4 Å². The van der Waals surface area contributed by atoms with Gasteiger partial charge in [0.15, 0.2) is 0 Å². The summed E-state index contributed by atoms with van der Waals surface area (Å²) in [5, 5.41) is 9.50. The lowest BCUT2D eigenvalue weighted by molar-refractivity contribution is 0.263. The molecule has 0 saturated carbocycles. The third kappa shape index (κ3) is 3.08. The average Bonchev–Trinajstić information content (AvgIpc) is 3.30. The standard InChI is InChI=1S/C21H25N3O/c1-16(23-11-4-5-12-23)17-7-6-8-18(15-17)21-22-19-9-2-3-10-20(19)24(21)13-14-25/h2-3,6-10,15-16,25H,4-5,11-14H2,1H3/t16-/m1/s1. The summed E-state index contributed by atoms with van der Waals surface area (Å²) in [6.45, 7) is 5.34. The van der Waals surface area contributed by atoms with E-state index in [1.165, 1.54) is 31.5 Å². The number of hydrogen-bond donors (Lipinski definition) is 1. The summed E-state index contributed by atoms with van der Waals surface area (Å²) in [7, 11) is 0. The van der Waals surface area contributed by atoms with Gasteiger partial charge in [-0.25, -0.2) is 4.98 Å². The molecule has 4 nitrogen and oxygen atoms in total. The van der Waals surface area contributed by atoms with Crippen molar-refractivity contribution in [1.82, 2.24) is 14.5 Å². The number of rotatable bonds is 5. The molecule has 25 heavy (non-hydrogen) atoms. The van der Waals surface area contributed by atoms with Crippen LogP contribution in [0.4, 0.5) is 0 Å². The quantitative estimate of drug-likeness (QED) is 0.770. The second-order valence-corrected chi connectivity index (χ2v) is 6.84. The van der Waals surface area contributed by atoms with Gasteiger partial charge in [0.05, 0.1) is 17.6 Å². The lowest BCUT2D eigenvalue weighted by atomic mass is 10.0. The molecule has 1 aliphatic rings. The summed E-state index contributed by atoms with van der Waals surface area (Å²) in [4.78, 5) is 7.39. The summed E-state index contributed by atoms with van der Waals surface area (Å²) < 4.78 is 2.12. The molecule has 3 aromatic rings. The fourth-order valence-corrected chi connectivity index (χ4v) is 3.90. The molecule has 2 aromatic carbocycles. The van der Waals surface area contributed by atoms with E-state index in [9.17, 15) is 5.11 Å². The van der Waals surface area contributed by atoms with Crippen molar-refractivity contribution >= 4 is 11.0 Å². The van der Waals surface area contributed by atoms with Crippen molar-refractivity contribution in [3.63, 3.8) is 0 Å². The molecule has 2 heterocycles. The lowest BCUT2D eigenvalue weighted by Gasteiger charge is -2.24. The molecule has 0 aliphatic carbocycles. The normalized spacial score (nSPS) is 16.6.